The van der Waals surface area contributed by atoms with Gasteiger partial charge in [-0.05, 0) is 42.0 Å². The van der Waals surface area contributed by atoms with Crippen molar-refractivity contribution in [1.82, 2.24) is 0 Å². The van der Waals surface area contributed by atoms with Crippen LogP contribution in [0.5, 0.6) is 0 Å². The van der Waals surface area contributed by atoms with Crippen LogP contribution in [0.25, 0.3) is 0 Å². The monoisotopic (exact) mass is 276 g/mol. The van der Waals surface area contributed by atoms with Crippen molar-refractivity contribution >= 4 is 0 Å². The van der Waals surface area contributed by atoms with Crippen LogP contribution in [0.1, 0.15) is 30.4 Å². The van der Waals surface area contributed by atoms with Gasteiger partial charge in [0.05, 0.1) is 6.10 Å². The molecule has 0 aliphatic carbocycles. The fraction of sp³-hybridized carbons (Fsp3) is 0.294. The summed E-state index contributed by atoms with van der Waals surface area (Å²) in [5.74, 6) is -1.51. The first-order valence-corrected chi connectivity index (χ1v) is 6.73. The van der Waals surface area contributed by atoms with Crippen molar-refractivity contribution in [2.75, 3.05) is 0 Å². The molecule has 0 amide bonds. The summed E-state index contributed by atoms with van der Waals surface area (Å²) in [4.78, 5) is 0. The summed E-state index contributed by atoms with van der Waals surface area (Å²) in [6.45, 7) is 2.05. The minimum absolute atomic E-state index is 0.219. The average molecular weight is 276 g/mol. The molecule has 0 fully saturated rings. The van der Waals surface area contributed by atoms with Gasteiger partial charge in [0.25, 0.3) is 0 Å². The number of hydrogen-bond acceptors (Lipinski definition) is 1. The van der Waals surface area contributed by atoms with E-state index in [1.165, 1.54) is 6.07 Å². The number of rotatable bonds is 5. The summed E-state index contributed by atoms with van der Waals surface area (Å²) in [5, 5.41) is 10.1. The largest absolute Gasteiger partial charge is 0.393 e. The topological polar surface area (TPSA) is 20.2 Å². The lowest BCUT2D eigenvalue weighted by molar-refractivity contribution is 0.157. The maximum Gasteiger partial charge on any atom is 0.159 e. The van der Waals surface area contributed by atoms with Gasteiger partial charge in [0.15, 0.2) is 11.6 Å². The van der Waals surface area contributed by atoms with Crippen LogP contribution in [-0.4, -0.2) is 11.2 Å². The molecule has 0 saturated carbocycles. The molecule has 0 bridgehead atoms. The summed E-state index contributed by atoms with van der Waals surface area (Å²) in [5.41, 5.74) is 1.77. The predicted octanol–water partition coefficient (Wildman–Crippen LogP) is 4.06. The first-order chi connectivity index (χ1) is 9.56. The molecule has 106 valence electrons. The molecule has 0 radical (unpaired) electrons. The molecule has 1 N–H and O–H groups in total. The highest BCUT2D eigenvalue weighted by Gasteiger charge is 2.13. The second kappa shape index (κ2) is 6.62. The smallest absolute Gasteiger partial charge is 0.159 e. The first kappa shape index (κ1) is 14.7. The van der Waals surface area contributed by atoms with E-state index in [1.807, 2.05) is 37.3 Å². The van der Waals surface area contributed by atoms with E-state index in [0.29, 0.717) is 18.4 Å². The molecule has 2 aromatic rings. The third kappa shape index (κ3) is 3.87. The fourth-order valence-electron chi connectivity index (χ4n) is 2.35. The van der Waals surface area contributed by atoms with Crippen molar-refractivity contribution in [3.8, 4) is 0 Å². The normalized spacial score (nSPS) is 14.0. The van der Waals surface area contributed by atoms with Crippen LogP contribution >= 0.6 is 0 Å². The lowest BCUT2D eigenvalue weighted by atomic mass is 9.92. The van der Waals surface area contributed by atoms with Crippen molar-refractivity contribution in [2.45, 2.75) is 31.8 Å². The van der Waals surface area contributed by atoms with E-state index in [1.54, 1.807) is 0 Å². The van der Waals surface area contributed by atoms with Gasteiger partial charge in [-0.15, -0.1) is 0 Å². The molecule has 0 aliphatic heterocycles. The maximum absolute atomic E-state index is 13.1. The van der Waals surface area contributed by atoms with Gasteiger partial charge in [-0.1, -0.05) is 43.3 Å². The Morgan fingerprint density at radius 2 is 1.70 bits per heavy atom. The maximum atomic E-state index is 13.1. The zero-order chi connectivity index (χ0) is 14.5. The van der Waals surface area contributed by atoms with Gasteiger partial charge >= 0.3 is 0 Å². The third-order valence-corrected chi connectivity index (χ3v) is 3.45. The Morgan fingerprint density at radius 3 is 2.35 bits per heavy atom. The second-order valence-electron chi connectivity index (χ2n) is 5.15. The van der Waals surface area contributed by atoms with Crippen LogP contribution in [0.4, 0.5) is 8.78 Å². The van der Waals surface area contributed by atoms with Crippen LogP contribution < -0.4 is 0 Å². The van der Waals surface area contributed by atoms with E-state index >= 15 is 0 Å². The fourth-order valence-corrected chi connectivity index (χ4v) is 2.35. The molecule has 0 aliphatic rings. The Hall–Kier alpha value is -1.74. The molecule has 2 atom stereocenters. The van der Waals surface area contributed by atoms with Gasteiger partial charge in [0, 0.05) is 0 Å². The van der Waals surface area contributed by atoms with Gasteiger partial charge in [-0.25, -0.2) is 8.78 Å². The van der Waals surface area contributed by atoms with Crippen LogP contribution in [0.15, 0.2) is 48.5 Å². The Bertz CT molecular complexity index is 554. The lowest BCUT2D eigenvalue weighted by Crippen LogP contribution is -2.14. The molecule has 1 nitrogen and oxygen atoms in total. The zero-order valence-corrected chi connectivity index (χ0v) is 11.4. The van der Waals surface area contributed by atoms with Gasteiger partial charge in [0.1, 0.15) is 0 Å². The Kier molecular flexibility index (Phi) is 4.85. The number of aliphatic hydroxyl groups is 1. The first-order valence-electron chi connectivity index (χ1n) is 6.73. The molecule has 2 unspecified atom stereocenters. The summed E-state index contributed by atoms with van der Waals surface area (Å²) in [6, 6.07) is 13.7. The van der Waals surface area contributed by atoms with Crippen LogP contribution in [0.2, 0.25) is 0 Å². The Morgan fingerprint density at radius 1 is 1.00 bits per heavy atom. The number of hydrogen-bond donors (Lipinski definition) is 1. The predicted molar refractivity (Wildman–Crippen MR) is 75.5 cm³/mol. The van der Waals surface area contributed by atoms with Crippen molar-refractivity contribution in [3.63, 3.8) is 0 Å². The van der Waals surface area contributed by atoms with Gasteiger partial charge in [0.2, 0.25) is 0 Å². The molecular weight excluding hydrogens is 258 g/mol. The number of benzene rings is 2. The van der Waals surface area contributed by atoms with Gasteiger partial charge in [-0.3, -0.25) is 0 Å². The highest BCUT2D eigenvalue weighted by atomic mass is 19.2. The Balaban J connectivity index is 1.95. The molecule has 2 aromatic carbocycles. The molecule has 0 spiro atoms. The molecule has 20 heavy (non-hydrogen) atoms. The molecule has 0 aromatic heterocycles. The quantitative estimate of drug-likeness (QED) is 0.873. The highest BCUT2D eigenvalue weighted by molar-refractivity contribution is 5.20. The lowest BCUT2D eigenvalue weighted by Gasteiger charge is -2.17. The van der Waals surface area contributed by atoms with Crippen LogP contribution in [-0.2, 0) is 6.42 Å². The highest BCUT2D eigenvalue weighted by Crippen LogP contribution is 2.22. The SMILES string of the molecule is CC(CC(O)Cc1ccc(F)c(F)c1)c1ccccc1. The minimum Gasteiger partial charge on any atom is -0.393 e. The van der Waals surface area contributed by atoms with E-state index in [-0.39, 0.29) is 5.92 Å². The van der Waals surface area contributed by atoms with E-state index < -0.39 is 17.7 Å². The number of aliphatic hydroxyl groups excluding tert-OH is 1. The van der Waals surface area contributed by atoms with Crippen molar-refractivity contribution < 1.29 is 13.9 Å². The van der Waals surface area contributed by atoms with Crippen LogP contribution in [0, 0.1) is 11.6 Å². The Labute approximate surface area is 117 Å². The minimum atomic E-state index is -0.870. The summed E-state index contributed by atoms with van der Waals surface area (Å²) < 4.78 is 25.9. The van der Waals surface area contributed by atoms with Gasteiger partial charge < -0.3 is 5.11 Å². The third-order valence-electron chi connectivity index (χ3n) is 3.45. The average Bonchev–Trinajstić information content (AvgIpc) is 2.44. The molecule has 3 heteroatoms. The molecular formula is C17H18F2O. The standard InChI is InChI=1S/C17H18F2O/c1-12(14-5-3-2-4-6-14)9-15(20)10-13-7-8-16(18)17(19)11-13/h2-8,11-12,15,20H,9-10H2,1H3. The number of halogens is 2. The summed E-state index contributed by atoms with van der Waals surface area (Å²) >= 11 is 0. The van der Waals surface area contributed by atoms with Crippen molar-refractivity contribution in [2.24, 2.45) is 0 Å². The van der Waals surface area contributed by atoms with Gasteiger partial charge in [-0.2, -0.15) is 0 Å². The molecule has 2 rings (SSSR count). The van der Waals surface area contributed by atoms with Crippen molar-refractivity contribution in [3.05, 3.63) is 71.3 Å². The van der Waals surface area contributed by atoms with E-state index in [9.17, 15) is 13.9 Å². The van der Waals surface area contributed by atoms with E-state index in [0.717, 1.165) is 17.7 Å². The van der Waals surface area contributed by atoms with E-state index in [2.05, 4.69) is 0 Å². The molecule has 0 heterocycles. The summed E-state index contributed by atoms with van der Waals surface area (Å²) in [6.07, 6.45) is 0.340. The second-order valence-corrected chi connectivity index (χ2v) is 5.15. The summed E-state index contributed by atoms with van der Waals surface area (Å²) in [7, 11) is 0. The molecule has 0 saturated heterocycles. The van der Waals surface area contributed by atoms with E-state index in [4.69, 9.17) is 0 Å². The van der Waals surface area contributed by atoms with Crippen molar-refractivity contribution in [1.29, 1.82) is 0 Å². The zero-order valence-electron chi connectivity index (χ0n) is 11.4. The van der Waals surface area contributed by atoms with Crippen LogP contribution in [0.3, 0.4) is 0 Å².